The standard InChI is InChI=1S/C30H42N8O5/c1-28(2,3)38-25(17-23(36-38)30(7)12-11-22(18-30)42-27(40)37-15-13-31-20-37)35-24-10-8-9-21(34-24)19-33-41-16-14-32-26(39)43-29(4,5)6/h8-10,13,15,17,19-20,22H,11-12,14,16,18H2,1-7H3,(H,32,39)(H,34,35)/b33-19+/t22?,30-/m0/s1. The molecule has 13 nitrogen and oxygen atoms in total. The van der Waals surface area contributed by atoms with Gasteiger partial charge < -0.3 is 24.9 Å². The van der Waals surface area contributed by atoms with Gasteiger partial charge in [-0.15, -0.1) is 0 Å². The minimum Gasteiger partial charge on any atom is -0.446 e. The summed E-state index contributed by atoms with van der Waals surface area (Å²) in [7, 11) is 0. The van der Waals surface area contributed by atoms with Crippen LogP contribution in [-0.2, 0) is 25.3 Å². The van der Waals surface area contributed by atoms with Crippen LogP contribution >= 0.6 is 0 Å². The highest BCUT2D eigenvalue weighted by atomic mass is 16.6. The first-order valence-electron chi connectivity index (χ1n) is 14.4. The molecule has 43 heavy (non-hydrogen) atoms. The van der Waals surface area contributed by atoms with Crippen molar-refractivity contribution >= 4 is 30.0 Å². The number of nitrogens with one attached hydrogen (secondary N) is 2. The Hall–Kier alpha value is -4.42. The van der Waals surface area contributed by atoms with Crippen LogP contribution in [0, 0.1) is 0 Å². The summed E-state index contributed by atoms with van der Waals surface area (Å²) in [6.07, 6.45) is 7.21. The van der Waals surface area contributed by atoms with E-state index >= 15 is 0 Å². The lowest BCUT2D eigenvalue weighted by atomic mass is 9.85. The van der Waals surface area contributed by atoms with Crippen molar-refractivity contribution in [1.82, 2.24) is 29.6 Å². The number of hydrogen-bond donors (Lipinski definition) is 2. The van der Waals surface area contributed by atoms with E-state index in [1.807, 2.05) is 22.9 Å². The zero-order valence-corrected chi connectivity index (χ0v) is 26.0. The summed E-state index contributed by atoms with van der Waals surface area (Å²) in [5.41, 5.74) is 0.401. The van der Waals surface area contributed by atoms with E-state index in [4.69, 9.17) is 19.4 Å². The molecule has 1 amide bonds. The molecule has 0 aromatic carbocycles. The molecule has 1 fully saturated rings. The largest absolute Gasteiger partial charge is 0.446 e. The molecule has 0 aliphatic heterocycles. The molecule has 13 heteroatoms. The van der Waals surface area contributed by atoms with Gasteiger partial charge in [0.05, 0.1) is 29.7 Å². The quantitative estimate of drug-likeness (QED) is 0.190. The average molecular weight is 595 g/mol. The number of alkyl carbamates (subject to hydrolysis) is 1. The highest BCUT2D eigenvalue weighted by Crippen LogP contribution is 2.43. The number of anilines is 2. The maximum Gasteiger partial charge on any atom is 0.419 e. The summed E-state index contributed by atoms with van der Waals surface area (Å²) in [6, 6.07) is 7.60. The molecule has 2 N–H and O–H groups in total. The number of nitrogens with zero attached hydrogens (tertiary/aromatic N) is 6. The molecule has 3 aromatic heterocycles. The highest BCUT2D eigenvalue weighted by Gasteiger charge is 2.41. The second-order valence-electron chi connectivity index (χ2n) is 12.8. The van der Waals surface area contributed by atoms with Crippen molar-refractivity contribution in [1.29, 1.82) is 0 Å². The fourth-order valence-corrected chi connectivity index (χ4v) is 4.75. The Morgan fingerprint density at radius 3 is 2.70 bits per heavy atom. The number of carbonyl (C=O) groups excluding carboxylic acids is 2. The number of carbonyl (C=O) groups is 2. The van der Waals surface area contributed by atoms with Crippen LogP contribution in [0.1, 0.15) is 79.1 Å². The van der Waals surface area contributed by atoms with Crippen molar-refractivity contribution in [3.63, 3.8) is 0 Å². The first-order chi connectivity index (χ1) is 20.2. The Balaban J connectivity index is 1.38. The summed E-state index contributed by atoms with van der Waals surface area (Å²) in [5.74, 6) is 1.42. The summed E-state index contributed by atoms with van der Waals surface area (Å²) in [6.45, 7) is 14.3. The van der Waals surface area contributed by atoms with E-state index in [9.17, 15) is 9.59 Å². The Morgan fingerprint density at radius 1 is 1.21 bits per heavy atom. The number of ether oxygens (including phenoxy) is 2. The van der Waals surface area contributed by atoms with Crippen LogP contribution < -0.4 is 10.6 Å². The third-order valence-electron chi connectivity index (χ3n) is 6.79. The van der Waals surface area contributed by atoms with Gasteiger partial charge >= 0.3 is 12.2 Å². The van der Waals surface area contributed by atoms with Gasteiger partial charge in [0.2, 0.25) is 0 Å². The average Bonchev–Trinajstić information content (AvgIpc) is 3.66. The lowest BCUT2D eigenvalue weighted by Crippen LogP contribution is -2.34. The summed E-state index contributed by atoms with van der Waals surface area (Å²) < 4.78 is 14.2. The summed E-state index contributed by atoms with van der Waals surface area (Å²) >= 11 is 0. The molecular weight excluding hydrogens is 552 g/mol. The van der Waals surface area contributed by atoms with Gasteiger partial charge in [0.15, 0.2) is 0 Å². The first kappa shape index (κ1) is 31.5. The van der Waals surface area contributed by atoms with Crippen molar-refractivity contribution in [2.75, 3.05) is 18.5 Å². The predicted octanol–water partition coefficient (Wildman–Crippen LogP) is 5.34. The van der Waals surface area contributed by atoms with Crippen LogP contribution in [0.2, 0.25) is 0 Å². The predicted molar refractivity (Wildman–Crippen MR) is 162 cm³/mol. The fraction of sp³-hybridized carbons (Fsp3) is 0.533. The number of rotatable bonds is 9. The van der Waals surface area contributed by atoms with E-state index < -0.39 is 17.8 Å². The fourth-order valence-electron chi connectivity index (χ4n) is 4.75. The van der Waals surface area contributed by atoms with Crippen LogP contribution in [0.25, 0.3) is 0 Å². The van der Waals surface area contributed by atoms with E-state index in [1.54, 1.807) is 33.2 Å². The number of imidazole rings is 1. The smallest absolute Gasteiger partial charge is 0.419 e. The highest BCUT2D eigenvalue weighted by molar-refractivity contribution is 5.77. The number of pyridine rings is 1. The first-order valence-corrected chi connectivity index (χ1v) is 14.4. The summed E-state index contributed by atoms with van der Waals surface area (Å²) in [4.78, 5) is 37.9. The zero-order chi connectivity index (χ0) is 31.3. The van der Waals surface area contributed by atoms with Crippen LogP contribution in [-0.4, -0.2) is 67.6 Å². The third-order valence-corrected chi connectivity index (χ3v) is 6.79. The molecule has 1 aliphatic carbocycles. The molecule has 0 spiro atoms. The van der Waals surface area contributed by atoms with E-state index in [0.29, 0.717) is 17.9 Å². The van der Waals surface area contributed by atoms with Crippen molar-refractivity contribution in [2.45, 2.75) is 90.4 Å². The molecule has 2 atom stereocenters. The lowest BCUT2D eigenvalue weighted by Gasteiger charge is -2.24. The van der Waals surface area contributed by atoms with E-state index in [0.717, 1.165) is 24.4 Å². The van der Waals surface area contributed by atoms with Gasteiger partial charge in [0.1, 0.15) is 36.3 Å². The zero-order valence-electron chi connectivity index (χ0n) is 26.0. The molecule has 1 aliphatic rings. The molecule has 4 rings (SSSR count). The summed E-state index contributed by atoms with van der Waals surface area (Å²) in [5, 5.41) is 15.0. The second-order valence-corrected chi connectivity index (χ2v) is 12.8. The SMILES string of the molecule is CC(C)(C)OC(=O)NCCO/N=C/c1cccc(Nc2cc([C@@]3(C)CCC(OC(=O)n4ccnc4)C3)nn2C(C)(C)C)n1. The topological polar surface area (TPSA) is 147 Å². The van der Waals surface area contributed by atoms with Gasteiger partial charge in [-0.05, 0) is 72.9 Å². The van der Waals surface area contributed by atoms with Gasteiger partial charge in [-0.2, -0.15) is 5.10 Å². The Kier molecular flexibility index (Phi) is 9.41. The molecule has 3 aromatic rings. The van der Waals surface area contributed by atoms with Gasteiger partial charge in [-0.3, -0.25) is 0 Å². The molecule has 0 saturated heterocycles. The monoisotopic (exact) mass is 594 g/mol. The maximum atomic E-state index is 12.4. The Labute approximate surface area is 252 Å². The van der Waals surface area contributed by atoms with Crippen molar-refractivity contribution < 1.29 is 23.9 Å². The molecule has 0 bridgehead atoms. The van der Waals surface area contributed by atoms with Crippen LogP contribution in [0.3, 0.4) is 0 Å². The molecule has 1 saturated carbocycles. The van der Waals surface area contributed by atoms with Gasteiger partial charge in [-0.1, -0.05) is 18.1 Å². The molecule has 3 heterocycles. The van der Waals surface area contributed by atoms with E-state index in [2.05, 4.69) is 59.5 Å². The van der Waals surface area contributed by atoms with Crippen LogP contribution in [0.4, 0.5) is 21.2 Å². The van der Waals surface area contributed by atoms with Gasteiger partial charge in [0, 0.05) is 23.9 Å². The minimum absolute atomic E-state index is 0.184. The molecule has 1 unspecified atom stereocenters. The normalized spacial score (nSPS) is 18.9. The van der Waals surface area contributed by atoms with Gasteiger partial charge in [0.25, 0.3) is 0 Å². The van der Waals surface area contributed by atoms with Crippen LogP contribution in [0.5, 0.6) is 0 Å². The van der Waals surface area contributed by atoms with Crippen LogP contribution in [0.15, 0.2) is 48.1 Å². The molecule has 232 valence electrons. The Bertz CT molecular complexity index is 1420. The van der Waals surface area contributed by atoms with Crippen molar-refractivity contribution in [3.8, 4) is 0 Å². The Morgan fingerprint density at radius 2 is 2.00 bits per heavy atom. The van der Waals surface area contributed by atoms with Gasteiger partial charge in [-0.25, -0.2) is 28.8 Å². The molecular formula is C30H42N8O5. The molecule has 0 radical (unpaired) electrons. The van der Waals surface area contributed by atoms with E-state index in [-0.39, 0.29) is 30.2 Å². The maximum absolute atomic E-state index is 12.4. The lowest BCUT2D eigenvalue weighted by molar-refractivity contribution is 0.0502. The minimum atomic E-state index is -0.560. The number of amides is 1. The van der Waals surface area contributed by atoms with E-state index in [1.165, 1.54) is 17.1 Å². The van der Waals surface area contributed by atoms with Crippen molar-refractivity contribution in [3.05, 3.63) is 54.4 Å². The van der Waals surface area contributed by atoms with Crippen molar-refractivity contribution in [2.24, 2.45) is 5.16 Å². The third kappa shape index (κ3) is 8.79. The number of oxime groups is 1. The number of hydrogen-bond acceptors (Lipinski definition) is 10. The number of aromatic nitrogens is 5. The second kappa shape index (κ2) is 12.8.